The van der Waals surface area contributed by atoms with E-state index >= 15 is 0 Å². The minimum atomic E-state index is -0.519. The van der Waals surface area contributed by atoms with E-state index in [2.05, 4.69) is 5.10 Å². The van der Waals surface area contributed by atoms with E-state index < -0.39 is 10.5 Å². The van der Waals surface area contributed by atoms with Crippen molar-refractivity contribution in [1.82, 2.24) is 14.7 Å². The maximum Gasteiger partial charge on any atom is 0.410 e. The molecule has 0 N–H and O–H groups in total. The molecule has 0 spiro atoms. The minimum Gasteiger partial charge on any atom is -0.444 e. The summed E-state index contributed by atoms with van der Waals surface area (Å²) < 4.78 is 6.76. The van der Waals surface area contributed by atoms with Crippen LogP contribution in [0.25, 0.3) is 0 Å². The Balaban J connectivity index is 1.96. The lowest BCUT2D eigenvalue weighted by molar-refractivity contribution is -0.393. The molecule has 0 bridgehead atoms. The Hall–Kier alpha value is -2.12. The van der Waals surface area contributed by atoms with E-state index in [1.54, 1.807) is 4.90 Å². The van der Waals surface area contributed by atoms with Gasteiger partial charge in [-0.3, -0.25) is 0 Å². The molecule has 0 atom stereocenters. The summed E-state index contributed by atoms with van der Waals surface area (Å²) in [7, 11) is 0. The van der Waals surface area contributed by atoms with E-state index in [0.29, 0.717) is 25.9 Å². The Morgan fingerprint density at radius 1 is 1.43 bits per heavy atom. The second kappa shape index (κ2) is 5.71. The molecular weight excluding hydrogens is 276 g/mol. The molecule has 1 aliphatic heterocycles. The Morgan fingerprint density at radius 2 is 2.05 bits per heavy atom. The smallest absolute Gasteiger partial charge is 0.410 e. The van der Waals surface area contributed by atoms with Crippen LogP contribution in [-0.4, -0.2) is 44.4 Å². The number of hydrogen-bond donors (Lipinski definition) is 0. The van der Waals surface area contributed by atoms with Crippen LogP contribution in [0.2, 0.25) is 0 Å². The number of nitrogens with zero attached hydrogens (tertiary/aromatic N) is 4. The fraction of sp³-hybridized carbons (Fsp3) is 0.692. The van der Waals surface area contributed by atoms with Crippen LogP contribution >= 0.6 is 0 Å². The van der Waals surface area contributed by atoms with Gasteiger partial charge >= 0.3 is 11.9 Å². The molecule has 1 aliphatic rings. The van der Waals surface area contributed by atoms with Crippen molar-refractivity contribution < 1.29 is 14.5 Å². The molecule has 0 aromatic carbocycles. The molecule has 8 nitrogen and oxygen atoms in total. The van der Waals surface area contributed by atoms with Crippen molar-refractivity contribution in [3.8, 4) is 0 Å². The molecule has 1 aromatic rings. The molecular formula is C13H20N4O4. The summed E-state index contributed by atoms with van der Waals surface area (Å²) in [6.45, 7) is 6.49. The lowest BCUT2D eigenvalue weighted by Gasteiger charge is -2.32. The Labute approximate surface area is 122 Å². The summed E-state index contributed by atoms with van der Waals surface area (Å²) in [6, 6.07) is 1.33. The zero-order valence-corrected chi connectivity index (χ0v) is 12.5. The summed E-state index contributed by atoms with van der Waals surface area (Å²) in [5, 5.41) is 14.9. The van der Waals surface area contributed by atoms with Crippen LogP contribution in [0.1, 0.15) is 39.7 Å². The predicted molar refractivity (Wildman–Crippen MR) is 75.0 cm³/mol. The first-order valence-corrected chi connectivity index (χ1v) is 6.94. The summed E-state index contributed by atoms with van der Waals surface area (Å²) in [4.78, 5) is 24.1. The highest BCUT2D eigenvalue weighted by Crippen LogP contribution is 2.27. The van der Waals surface area contributed by atoms with Crippen molar-refractivity contribution in [2.45, 2.75) is 45.3 Å². The second-order valence-electron chi connectivity index (χ2n) is 6.09. The number of nitro groups is 1. The standard InChI is InChI=1S/C13H20N4O4/c1-13(2,3)21-12(18)15-8-5-10(6-9-15)16-11(17(19)20)4-7-14-16/h4,7,10H,5-6,8-9H2,1-3H3. The van der Waals surface area contributed by atoms with Crippen LogP contribution in [0, 0.1) is 10.1 Å². The molecule has 2 heterocycles. The molecule has 116 valence electrons. The van der Waals surface area contributed by atoms with Crippen molar-refractivity contribution in [3.63, 3.8) is 0 Å². The summed E-state index contributed by atoms with van der Waals surface area (Å²) in [5.74, 6) is -0.00859. The molecule has 2 rings (SSSR count). The van der Waals surface area contributed by atoms with E-state index in [0.717, 1.165) is 0 Å². The van der Waals surface area contributed by atoms with Gasteiger partial charge in [-0.2, -0.15) is 0 Å². The number of aromatic nitrogens is 2. The molecule has 0 aliphatic carbocycles. The first-order chi connectivity index (χ1) is 9.78. The Morgan fingerprint density at radius 3 is 2.57 bits per heavy atom. The van der Waals surface area contributed by atoms with E-state index in [9.17, 15) is 14.9 Å². The van der Waals surface area contributed by atoms with Crippen molar-refractivity contribution in [2.24, 2.45) is 0 Å². The van der Waals surface area contributed by atoms with Crippen LogP contribution in [0.3, 0.4) is 0 Å². The van der Waals surface area contributed by atoms with Gasteiger partial charge < -0.3 is 19.8 Å². The number of carbonyl (C=O) groups is 1. The molecule has 21 heavy (non-hydrogen) atoms. The van der Waals surface area contributed by atoms with Crippen LogP contribution in [0.5, 0.6) is 0 Å². The van der Waals surface area contributed by atoms with Crippen LogP contribution in [0.15, 0.2) is 12.3 Å². The van der Waals surface area contributed by atoms with Gasteiger partial charge in [0.2, 0.25) is 0 Å². The predicted octanol–water partition coefficient (Wildman–Crippen LogP) is 2.36. The van der Waals surface area contributed by atoms with Gasteiger partial charge in [0.05, 0.1) is 12.3 Å². The SMILES string of the molecule is CC(C)(C)OC(=O)N1CCC(n2nccc2[N+](=O)[O-])CC1. The Kier molecular flexibility index (Phi) is 4.15. The average molecular weight is 296 g/mol. The van der Waals surface area contributed by atoms with Gasteiger partial charge in [0.25, 0.3) is 0 Å². The fourth-order valence-electron chi connectivity index (χ4n) is 2.35. The average Bonchev–Trinajstić information content (AvgIpc) is 2.86. The fourth-order valence-corrected chi connectivity index (χ4v) is 2.35. The zero-order chi connectivity index (χ0) is 15.6. The summed E-state index contributed by atoms with van der Waals surface area (Å²) >= 11 is 0. The number of rotatable bonds is 2. The van der Waals surface area contributed by atoms with Gasteiger partial charge in [0.1, 0.15) is 11.6 Å². The summed E-state index contributed by atoms with van der Waals surface area (Å²) in [5.41, 5.74) is -0.519. The zero-order valence-electron chi connectivity index (χ0n) is 12.5. The molecule has 0 radical (unpaired) electrons. The van der Waals surface area contributed by atoms with Crippen molar-refractivity contribution in [1.29, 1.82) is 0 Å². The highest BCUT2D eigenvalue weighted by Gasteiger charge is 2.32. The molecule has 0 unspecified atom stereocenters. The van der Waals surface area contributed by atoms with Crippen LogP contribution in [0.4, 0.5) is 10.6 Å². The molecule has 1 amide bonds. The second-order valence-corrected chi connectivity index (χ2v) is 6.09. The van der Waals surface area contributed by atoms with Gasteiger partial charge in [-0.1, -0.05) is 5.10 Å². The van der Waals surface area contributed by atoms with Crippen molar-refractivity contribution >= 4 is 11.9 Å². The van der Waals surface area contributed by atoms with E-state index in [1.165, 1.54) is 16.9 Å². The van der Waals surface area contributed by atoms with E-state index in [-0.39, 0.29) is 18.0 Å². The third-order valence-corrected chi connectivity index (χ3v) is 3.30. The van der Waals surface area contributed by atoms with Gasteiger partial charge in [-0.05, 0) is 25.7 Å². The first-order valence-electron chi connectivity index (χ1n) is 6.94. The van der Waals surface area contributed by atoms with Gasteiger partial charge in [0.15, 0.2) is 0 Å². The molecule has 0 saturated carbocycles. The minimum absolute atomic E-state index is 0.00859. The van der Waals surface area contributed by atoms with E-state index in [4.69, 9.17) is 4.74 Å². The van der Waals surface area contributed by atoms with Crippen molar-refractivity contribution in [2.75, 3.05) is 13.1 Å². The Bertz CT molecular complexity index is 527. The number of ether oxygens (including phenoxy) is 1. The quantitative estimate of drug-likeness (QED) is 0.617. The highest BCUT2D eigenvalue weighted by atomic mass is 16.6. The molecule has 1 saturated heterocycles. The van der Waals surface area contributed by atoms with Crippen LogP contribution < -0.4 is 0 Å². The maximum atomic E-state index is 12.0. The largest absolute Gasteiger partial charge is 0.444 e. The molecule has 1 aromatic heterocycles. The van der Waals surface area contributed by atoms with Gasteiger partial charge in [0, 0.05) is 25.9 Å². The lowest BCUT2D eigenvalue weighted by atomic mass is 10.1. The topological polar surface area (TPSA) is 90.5 Å². The normalized spacial score (nSPS) is 16.8. The van der Waals surface area contributed by atoms with Crippen LogP contribution in [-0.2, 0) is 4.74 Å². The third-order valence-electron chi connectivity index (χ3n) is 3.30. The summed E-state index contributed by atoms with van der Waals surface area (Å²) in [6.07, 6.45) is 2.35. The third kappa shape index (κ3) is 3.71. The number of amides is 1. The number of carbonyl (C=O) groups excluding carboxylic acids is 1. The first kappa shape index (κ1) is 15.3. The number of piperidine rings is 1. The number of hydrogen-bond acceptors (Lipinski definition) is 5. The van der Waals surface area contributed by atoms with E-state index in [1.807, 2.05) is 20.8 Å². The highest BCUT2D eigenvalue weighted by molar-refractivity contribution is 5.68. The monoisotopic (exact) mass is 296 g/mol. The van der Waals surface area contributed by atoms with Gasteiger partial charge in [-0.25, -0.2) is 4.79 Å². The van der Waals surface area contributed by atoms with Crippen molar-refractivity contribution in [3.05, 3.63) is 22.4 Å². The van der Waals surface area contributed by atoms with Gasteiger partial charge in [-0.15, -0.1) is 4.68 Å². The molecule has 8 heteroatoms. The molecule has 1 fully saturated rings. The lowest BCUT2D eigenvalue weighted by Crippen LogP contribution is -2.42. The number of likely N-dealkylation sites (tertiary alicyclic amines) is 1. The maximum absolute atomic E-state index is 12.0.